The monoisotopic (exact) mass is 288 g/mol. The van der Waals surface area contributed by atoms with Gasteiger partial charge in [0.25, 0.3) is 11.8 Å². The Labute approximate surface area is 127 Å². The Kier molecular flexibility index (Phi) is 3.55. The van der Waals surface area contributed by atoms with Gasteiger partial charge in [-0.1, -0.05) is 42.5 Å². The Balaban J connectivity index is 1.81. The van der Waals surface area contributed by atoms with E-state index < -0.39 is 0 Å². The molecule has 1 heterocycles. The van der Waals surface area contributed by atoms with Crippen LogP contribution in [0.3, 0.4) is 0 Å². The van der Waals surface area contributed by atoms with Crippen LogP contribution in [-0.2, 0) is 16.1 Å². The lowest BCUT2D eigenvalue weighted by Crippen LogP contribution is -2.30. The summed E-state index contributed by atoms with van der Waals surface area (Å²) in [7, 11) is 0. The van der Waals surface area contributed by atoms with Gasteiger partial charge in [0.1, 0.15) is 0 Å². The summed E-state index contributed by atoms with van der Waals surface area (Å²) in [5.74, 6) is -0.603. The summed E-state index contributed by atoms with van der Waals surface area (Å²) in [5, 5.41) is 8.78. The molecule has 0 radical (unpaired) electrons. The van der Waals surface area contributed by atoms with Gasteiger partial charge in [-0.15, -0.1) is 0 Å². The smallest absolute Gasteiger partial charge is 0.261 e. The van der Waals surface area contributed by atoms with Crippen LogP contribution in [0.5, 0.6) is 0 Å². The van der Waals surface area contributed by atoms with Crippen molar-refractivity contribution in [1.29, 1.82) is 5.26 Å². The Hall–Kier alpha value is -3.19. The maximum Gasteiger partial charge on any atom is 0.261 e. The van der Waals surface area contributed by atoms with Gasteiger partial charge in [-0.05, 0) is 23.3 Å². The summed E-state index contributed by atoms with van der Waals surface area (Å²) in [4.78, 5) is 25.7. The van der Waals surface area contributed by atoms with Crippen LogP contribution in [0.2, 0.25) is 0 Å². The minimum atomic E-state index is -0.312. The molecule has 0 fully saturated rings. The van der Waals surface area contributed by atoms with Crippen molar-refractivity contribution in [1.82, 2.24) is 4.90 Å². The van der Waals surface area contributed by atoms with Gasteiger partial charge < -0.3 is 0 Å². The predicted molar refractivity (Wildman–Crippen MR) is 81.1 cm³/mol. The van der Waals surface area contributed by atoms with Crippen LogP contribution in [0.1, 0.15) is 16.7 Å². The second-order valence-corrected chi connectivity index (χ2v) is 4.96. The summed E-state index contributed by atoms with van der Waals surface area (Å²) in [6.07, 6.45) is 1.38. The van der Waals surface area contributed by atoms with Gasteiger partial charge in [0.2, 0.25) is 0 Å². The van der Waals surface area contributed by atoms with Crippen molar-refractivity contribution < 1.29 is 9.59 Å². The van der Waals surface area contributed by atoms with E-state index >= 15 is 0 Å². The van der Waals surface area contributed by atoms with Crippen LogP contribution in [0.4, 0.5) is 0 Å². The third-order valence-electron chi connectivity index (χ3n) is 3.52. The van der Waals surface area contributed by atoms with E-state index in [0.717, 1.165) is 11.1 Å². The molecule has 0 aromatic heterocycles. The standard InChI is InChI=1S/C18H12N2O2/c19-11-13-6-8-14(9-7-13)12-20-17(21)10-16(18(20)22)15-4-2-1-3-5-15/h1-10H,12H2. The molecule has 4 nitrogen and oxygen atoms in total. The lowest BCUT2D eigenvalue weighted by molar-refractivity contribution is -0.137. The molecule has 0 aliphatic carbocycles. The number of carbonyl (C=O) groups excluding carboxylic acids is 2. The van der Waals surface area contributed by atoms with Crippen molar-refractivity contribution in [2.45, 2.75) is 6.54 Å². The minimum Gasteiger partial charge on any atom is -0.270 e. The number of benzene rings is 2. The molecular formula is C18H12N2O2. The Morgan fingerprint density at radius 3 is 2.27 bits per heavy atom. The van der Waals surface area contributed by atoms with Crippen LogP contribution in [-0.4, -0.2) is 16.7 Å². The van der Waals surface area contributed by atoms with Crippen molar-refractivity contribution in [2.75, 3.05) is 0 Å². The molecule has 0 N–H and O–H groups in total. The van der Waals surface area contributed by atoms with Crippen molar-refractivity contribution >= 4 is 17.4 Å². The van der Waals surface area contributed by atoms with Crippen molar-refractivity contribution in [2.24, 2.45) is 0 Å². The molecule has 0 spiro atoms. The summed E-state index contributed by atoms with van der Waals surface area (Å²) < 4.78 is 0. The lowest BCUT2D eigenvalue weighted by atomic mass is 10.1. The number of carbonyl (C=O) groups is 2. The molecule has 0 atom stereocenters. The highest BCUT2D eigenvalue weighted by Gasteiger charge is 2.31. The third kappa shape index (κ3) is 2.52. The number of nitrogens with zero attached hydrogens (tertiary/aromatic N) is 2. The van der Waals surface area contributed by atoms with Gasteiger partial charge in [0.15, 0.2) is 0 Å². The minimum absolute atomic E-state index is 0.205. The maximum absolute atomic E-state index is 12.4. The Bertz CT molecular complexity index is 799. The molecule has 1 aliphatic rings. The molecule has 106 valence electrons. The molecule has 0 unspecified atom stereocenters. The Morgan fingerprint density at radius 1 is 0.955 bits per heavy atom. The largest absolute Gasteiger partial charge is 0.270 e. The molecule has 2 amide bonds. The van der Waals surface area contributed by atoms with Crippen molar-refractivity contribution in [3.63, 3.8) is 0 Å². The molecule has 1 aliphatic heterocycles. The van der Waals surface area contributed by atoms with E-state index in [1.54, 1.807) is 24.3 Å². The maximum atomic E-state index is 12.4. The zero-order valence-electron chi connectivity index (χ0n) is 11.7. The zero-order valence-corrected chi connectivity index (χ0v) is 11.7. The van der Waals surface area contributed by atoms with Crippen LogP contribution >= 0.6 is 0 Å². The predicted octanol–water partition coefficient (Wildman–Crippen LogP) is 2.51. The summed E-state index contributed by atoms with van der Waals surface area (Å²) in [5.41, 5.74) is 2.51. The van der Waals surface area contributed by atoms with Crippen LogP contribution in [0.15, 0.2) is 60.7 Å². The molecule has 3 rings (SSSR count). The SMILES string of the molecule is N#Cc1ccc(CN2C(=O)C=C(c3ccccc3)C2=O)cc1. The molecule has 22 heavy (non-hydrogen) atoms. The number of hydrogen-bond acceptors (Lipinski definition) is 3. The number of nitriles is 1. The number of rotatable bonds is 3. The van der Waals surface area contributed by atoms with Gasteiger partial charge in [-0.25, -0.2) is 0 Å². The van der Waals surface area contributed by atoms with E-state index in [1.807, 2.05) is 36.4 Å². The lowest BCUT2D eigenvalue weighted by Gasteiger charge is -2.15. The number of imide groups is 1. The second-order valence-electron chi connectivity index (χ2n) is 4.96. The van der Waals surface area contributed by atoms with Gasteiger partial charge in [0.05, 0.1) is 23.8 Å². The highest BCUT2D eigenvalue weighted by Crippen LogP contribution is 2.24. The van der Waals surface area contributed by atoms with Crippen LogP contribution in [0.25, 0.3) is 5.57 Å². The third-order valence-corrected chi connectivity index (χ3v) is 3.52. The summed E-state index contributed by atoms with van der Waals surface area (Å²) in [6, 6.07) is 18.0. The first-order valence-electron chi connectivity index (χ1n) is 6.81. The first kappa shape index (κ1) is 13.8. The topological polar surface area (TPSA) is 61.2 Å². The number of hydrogen-bond donors (Lipinski definition) is 0. The highest BCUT2D eigenvalue weighted by molar-refractivity contribution is 6.33. The van der Waals surface area contributed by atoms with Gasteiger partial charge in [-0.3, -0.25) is 14.5 Å². The molecule has 0 saturated heterocycles. The average Bonchev–Trinajstić information content (AvgIpc) is 2.84. The molecule has 2 aromatic rings. The molecule has 2 aromatic carbocycles. The fourth-order valence-electron chi connectivity index (χ4n) is 2.35. The second kappa shape index (κ2) is 5.66. The van der Waals surface area contributed by atoms with Crippen molar-refractivity contribution in [3.05, 3.63) is 77.4 Å². The van der Waals surface area contributed by atoms with Gasteiger partial charge in [-0.2, -0.15) is 5.26 Å². The van der Waals surface area contributed by atoms with E-state index in [1.165, 1.54) is 11.0 Å². The molecule has 0 bridgehead atoms. The van der Waals surface area contributed by atoms with E-state index in [2.05, 4.69) is 0 Å². The normalized spacial score (nSPS) is 14.0. The van der Waals surface area contributed by atoms with E-state index in [0.29, 0.717) is 11.1 Å². The molecular weight excluding hydrogens is 276 g/mol. The summed E-state index contributed by atoms with van der Waals surface area (Å²) >= 11 is 0. The molecule has 4 heteroatoms. The molecule has 0 saturated carbocycles. The summed E-state index contributed by atoms with van der Waals surface area (Å²) in [6.45, 7) is 0.205. The fourth-order valence-corrected chi connectivity index (χ4v) is 2.35. The van der Waals surface area contributed by atoms with Crippen LogP contribution in [0, 0.1) is 11.3 Å². The first-order valence-corrected chi connectivity index (χ1v) is 6.81. The van der Waals surface area contributed by atoms with E-state index in [-0.39, 0.29) is 18.4 Å². The highest BCUT2D eigenvalue weighted by atomic mass is 16.2. The van der Waals surface area contributed by atoms with Gasteiger partial charge >= 0.3 is 0 Å². The number of amides is 2. The first-order chi connectivity index (χ1) is 10.7. The Morgan fingerprint density at radius 2 is 1.64 bits per heavy atom. The van der Waals surface area contributed by atoms with Crippen molar-refractivity contribution in [3.8, 4) is 6.07 Å². The van der Waals surface area contributed by atoms with Gasteiger partial charge in [0, 0.05) is 6.08 Å². The van der Waals surface area contributed by atoms with E-state index in [9.17, 15) is 9.59 Å². The van der Waals surface area contributed by atoms with Crippen LogP contribution < -0.4 is 0 Å². The van der Waals surface area contributed by atoms with E-state index in [4.69, 9.17) is 5.26 Å². The average molecular weight is 288 g/mol. The fraction of sp³-hybridized carbons (Fsp3) is 0.0556. The quantitative estimate of drug-likeness (QED) is 0.815. The zero-order chi connectivity index (χ0) is 15.5.